The summed E-state index contributed by atoms with van der Waals surface area (Å²) in [6.07, 6.45) is 5.17. The van der Waals surface area contributed by atoms with Crippen molar-refractivity contribution in [1.82, 2.24) is 10.8 Å². The Labute approximate surface area is 328 Å². The highest BCUT2D eigenvalue weighted by atomic mass is 17.1. The van der Waals surface area contributed by atoms with Gasteiger partial charge in [0.25, 0.3) is 0 Å². The molecule has 0 saturated heterocycles. The summed E-state index contributed by atoms with van der Waals surface area (Å²) in [5.41, 5.74) is -2.46. The number of carbonyl (C=O) groups excluding carboxylic acids is 5. The molecule has 2 unspecified atom stereocenters. The number of methoxy groups -OCH3 is 1. The molecular formula is C38H50N2O17. The molecule has 1 aromatic rings. The smallest absolute Gasteiger partial charge is 0.493 e. The topological polar surface area (TPSA) is 258 Å². The minimum absolute atomic E-state index is 0.00845. The average molecular weight is 807 g/mol. The summed E-state index contributed by atoms with van der Waals surface area (Å²) < 4.78 is 27.2. The Balaban J connectivity index is 1.28. The van der Waals surface area contributed by atoms with Crippen molar-refractivity contribution in [3.8, 4) is 11.5 Å². The Morgan fingerprint density at radius 3 is 2.32 bits per heavy atom. The zero-order chi connectivity index (χ0) is 41.5. The number of ether oxygens (including phenoxy) is 5. The van der Waals surface area contributed by atoms with E-state index in [1.165, 1.54) is 31.4 Å². The SMILES string of the molecule is COc1cc(C(=O)OCCCCON(O)O)ccc1OC(=O)OCC(=O)[C@@]1(OC(=O)CCCON(O)O)CCC2C3CCC4=CC(=O)C=C[C@]4(C)[C@H]3[C@@H](O)C[C@@]21C. The van der Waals surface area contributed by atoms with Gasteiger partial charge in [-0.1, -0.05) is 25.5 Å². The average Bonchev–Trinajstić information content (AvgIpc) is 3.45. The number of benzene rings is 1. The standard InChI is InChI=1S/C38H50N2O17/c1-36-14-12-25(41)20-24(36)9-10-26-27-13-15-38(37(27,2)21-28(42)33(26)36,57-32(44)7-6-18-55-40(49)50)31(43)22-53-35(46)56-29-11-8-23(19-30(29)51-3)34(45)52-16-4-5-17-54-39(47)48/h8,11-12,14,19-20,26-28,33,42,47-50H,4-7,9-10,13,15-18,21-22H2,1-3H3/t26?,27?,28-,33+,36-,37-,38-/m0/s1. The van der Waals surface area contributed by atoms with Crippen LogP contribution >= 0.6 is 0 Å². The zero-order valence-electron chi connectivity index (χ0n) is 32.0. The Kier molecular flexibility index (Phi) is 14.2. The maximum absolute atomic E-state index is 14.4. The molecule has 0 radical (unpaired) electrons. The van der Waals surface area contributed by atoms with E-state index in [9.17, 15) is 29.1 Å². The van der Waals surface area contributed by atoms with Crippen molar-refractivity contribution in [2.75, 3.05) is 33.5 Å². The second-order valence-corrected chi connectivity index (χ2v) is 15.1. The van der Waals surface area contributed by atoms with E-state index in [0.717, 1.165) is 5.57 Å². The molecule has 3 fully saturated rings. The van der Waals surface area contributed by atoms with E-state index >= 15 is 0 Å². The van der Waals surface area contributed by atoms with Gasteiger partial charge in [-0.05, 0) is 93.6 Å². The summed E-state index contributed by atoms with van der Waals surface area (Å²) in [4.78, 5) is 74.5. The van der Waals surface area contributed by atoms with E-state index in [1.807, 2.05) is 19.9 Å². The van der Waals surface area contributed by atoms with E-state index in [1.54, 1.807) is 6.08 Å². The lowest BCUT2D eigenvalue weighted by Gasteiger charge is -2.59. The van der Waals surface area contributed by atoms with Crippen molar-refractivity contribution >= 4 is 29.7 Å². The maximum atomic E-state index is 14.4. The number of esters is 2. The van der Waals surface area contributed by atoms with Gasteiger partial charge in [0.15, 0.2) is 29.5 Å². The van der Waals surface area contributed by atoms with Crippen LogP contribution in [0.15, 0.2) is 42.0 Å². The molecule has 7 atom stereocenters. The van der Waals surface area contributed by atoms with E-state index in [2.05, 4.69) is 9.68 Å². The van der Waals surface area contributed by atoms with Crippen LogP contribution in [-0.2, 0) is 38.3 Å². The second kappa shape index (κ2) is 18.5. The van der Waals surface area contributed by atoms with Crippen LogP contribution in [0, 0.1) is 28.6 Å². The van der Waals surface area contributed by atoms with Crippen molar-refractivity contribution in [3.63, 3.8) is 0 Å². The molecule has 19 heteroatoms. The molecule has 0 spiro atoms. The molecule has 0 aliphatic heterocycles. The zero-order valence-corrected chi connectivity index (χ0v) is 32.0. The monoisotopic (exact) mass is 806 g/mol. The van der Waals surface area contributed by atoms with E-state index in [4.69, 9.17) is 44.5 Å². The normalized spacial score (nSPS) is 28.9. The van der Waals surface area contributed by atoms with Crippen LogP contribution in [0.25, 0.3) is 0 Å². The van der Waals surface area contributed by atoms with Gasteiger partial charge < -0.3 is 28.8 Å². The molecule has 5 rings (SSSR count). The molecule has 3 saturated carbocycles. The van der Waals surface area contributed by atoms with Crippen LogP contribution in [0.3, 0.4) is 0 Å². The van der Waals surface area contributed by atoms with Crippen LogP contribution < -0.4 is 9.47 Å². The lowest BCUT2D eigenvalue weighted by molar-refractivity contribution is -0.492. The molecule has 4 aliphatic rings. The van der Waals surface area contributed by atoms with Crippen molar-refractivity contribution in [1.29, 1.82) is 0 Å². The first-order chi connectivity index (χ1) is 27.0. The van der Waals surface area contributed by atoms with Crippen molar-refractivity contribution in [2.24, 2.45) is 28.6 Å². The number of unbranched alkanes of at least 4 members (excludes halogenated alkanes) is 1. The van der Waals surface area contributed by atoms with Crippen molar-refractivity contribution in [2.45, 2.75) is 83.3 Å². The molecule has 0 heterocycles. The van der Waals surface area contributed by atoms with Crippen molar-refractivity contribution < 1.29 is 83.3 Å². The molecule has 19 nitrogen and oxygen atoms in total. The Bertz CT molecular complexity index is 1730. The molecule has 4 aliphatic carbocycles. The fourth-order valence-corrected chi connectivity index (χ4v) is 9.44. The summed E-state index contributed by atoms with van der Waals surface area (Å²) >= 11 is 0. The van der Waals surface area contributed by atoms with Gasteiger partial charge in [-0.15, -0.1) is 0 Å². The Morgan fingerprint density at radius 2 is 1.61 bits per heavy atom. The summed E-state index contributed by atoms with van der Waals surface area (Å²) in [7, 11) is 1.28. The van der Waals surface area contributed by atoms with Gasteiger partial charge >= 0.3 is 18.1 Å². The van der Waals surface area contributed by atoms with Crippen LogP contribution in [0.2, 0.25) is 0 Å². The molecular weight excluding hydrogens is 756 g/mol. The molecule has 0 bridgehead atoms. The summed E-state index contributed by atoms with van der Waals surface area (Å²) in [6.45, 7) is 2.72. The number of Topliss-reactive ketones (excluding diaryl/α,β-unsaturated/α-hetero) is 1. The molecule has 0 aromatic heterocycles. The first-order valence-electron chi connectivity index (χ1n) is 18.7. The van der Waals surface area contributed by atoms with Crippen LogP contribution in [0.1, 0.15) is 82.0 Å². The highest BCUT2D eigenvalue weighted by Gasteiger charge is 2.70. The first kappa shape index (κ1) is 43.8. The Morgan fingerprint density at radius 1 is 0.912 bits per heavy atom. The van der Waals surface area contributed by atoms with Gasteiger partial charge in [-0.25, -0.2) is 9.59 Å². The minimum Gasteiger partial charge on any atom is -0.493 e. The van der Waals surface area contributed by atoms with Gasteiger partial charge in [-0.3, -0.25) is 44.9 Å². The number of fused-ring (bicyclic) bond motifs is 5. The summed E-state index contributed by atoms with van der Waals surface area (Å²) in [5, 5.41) is 45.8. The maximum Gasteiger partial charge on any atom is 0.514 e. The largest absolute Gasteiger partial charge is 0.514 e. The quantitative estimate of drug-likeness (QED) is 0.0460. The number of nitrogens with zero attached hydrogens (tertiary/aromatic N) is 2. The van der Waals surface area contributed by atoms with E-state index in [0.29, 0.717) is 32.1 Å². The number of allylic oxidation sites excluding steroid dienone is 4. The van der Waals surface area contributed by atoms with Crippen LogP contribution in [-0.4, -0.2) is 112 Å². The fraction of sp³-hybridized carbons (Fsp3) is 0.605. The Hall–Kier alpha value is -4.31. The van der Waals surface area contributed by atoms with E-state index in [-0.39, 0.29) is 86.1 Å². The highest BCUT2D eigenvalue weighted by molar-refractivity contribution is 6.01. The molecule has 0 amide bonds. The lowest BCUT2D eigenvalue weighted by atomic mass is 9.46. The fourth-order valence-electron chi connectivity index (χ4n) is 9.44. The first-order valence-corrected chi connectivity index (χ1v) is 18.7. The number of hydrogen-bond acceptors (Lipinski definition) is 19. The van der Waals surface area contributed by atoms with Crippen LogP contribution in [0.5, 0.6) is 11.5 Å². The van der Waals surface area contributed by atoms with Gasteiger partial charge in [0.1, 0.15) is 0 Å². The molecule has 314 valence electrons. The van der Waals surface area contributed by atoms with Gasteiger partial charge in [-0.2, -0.15) is 0 Å². The third-order valence-electron chi connectivity index (χ3n) is 12.0. The molecule has 1 aromatic carbocycles. The third kappa shape index (κ3) is 9.54. The predicted octanol–water partition coefficient (Wildman–Crippen LogP) is 4.08. The minimum atomic E-state index is -1.82. The number of rotatable bonds is 18. The summed E-state index contributed by atoms with van der Waals surface area (Å²) in [5.74, 6) is -3.02. The molecule has 5 N–H and O–H groups in total. The highest BCUT2D eigenvalue weighted by Crippen LogP contribution is 2.68. The number of hydrogen-bond donors (Lipinski definition) is 5. The van der Waals surface area contributed by atoms with Gasteiger partial charge in [0.2, 0.25) is 5.78 Å². The number of carbonyl (C=O) groups is 5. The van der Waals surface area contributed by atoms with Gasteiger partial charge in [0.05, 0.1) is 49.4 Å². The third-order valence-corrected chi connectivity index (χ3v) is 12.0. The number of aliphatic hydroxyl groups is 1. The molecule has 57 heavy (non-hydrogen) atoms. The van der Waals surface area contributed by atoms with Crippen molar-refractivity contribution in [3.05, 3.63) is 47.6 Å². The number of aliphatic hydroxyl groups excluding tert-OH is 1. The number of ketones is 2. The van der Waals surface area contributed by atoms with Gasteiger partial charge in [0, 0.05) is 23.2 Å². The van der Waals surface area contributed by atoms with Crippen LogP contribution in [0.4, 0.5) is 4.79 Å². The summed E-state index contributed by atoms with van der Waals surface area (Å²) in [6, 6.07) is 3.87. The predicted molar refractivity (Wildman–Crippen MR) is 188 cm³/mol. The second-order valence-electron chi connectivity index (χ2n) is 15.1. The lowest BCUT2D eigenvalue weighted by Crippen LogP contribution is -2.63. The van der Waals surface area contributed by atoms with E-state index < -0.39 is 63.8 Å².